The highest BCUT2D eigenvalue weighted by Crippen LogP contribution is 2.35. The van der Waals surface area contributed by atoms with Gasteiger partial charge in [0.15, 0.2) is 11.3 Å². The van der Waals surface area contributed by atoms with Gasteiger partial charge in [-0.1, -0.05) is 6.92 Å². The molecule has 1 heterocycles. The second-order valence-electron chi connectivity index (χ2n) is 3.57. The number of thiazole rings is 1. The van der Waals surface area contributed by atoms with Gasteiger partial charge >= 0.3 is 5.69 Å². The maximum atomic E-state index is 11.1. The van der Waals surface area contributed by atoms with Gasteiger partial charge in [0.25, 0.3) is 0 Å². The fourth-order valence-corrected chi connectivity index (χ4v) is 2.28. The van der Waals surface area contributed by atoms with Crippen molar-refractivity contribution in [3.8, 4) is 5.75 Å². The number of ether oxygens (including phenoxy) is 1. The van der Waals surface area contributed by atoms with Crippen molar-refractivity contribution in [1.29, 1.82) is 0 Å². The van der Waals surface area contributed by atoms with Gasteiger partial charge < -0.3 is 10.1 Å². The van der Waals surface area contributed by atoms with Crippen LogP contribution in [0.3, 0.4) is 0 Å². The van der Waals surface area contributed by atoms with Crippen molar-refractivity contribution in [3.63, 3.8) is 0 Å². The number of hydrogen-bond acceptors (Lipinski definition) is 6. The minimum absolute atomic E-state index is 0.0507. The van der Waals surface area contributed by atoms with Crippen LogP contribution in [0, 0.1) is 10.1 Å². The van der Waals surface area contributed by atoms with Crippen LogP contribution >= 0.6 is 11.3 Å². The van der Waals surface area contributed by atoms with E-state index in [1.807, 2.05) is 6.92 Å². The molecule has 0 aliphatic carbocycles. The number of likely N-dealkylation sites (N-methyl/N-ethyl adjacent to an activating group) is 1. The van der Waals surface area contributed by atoms with Gasteiger partial charge in [0, 0.05) is 6.54 Å². The van der Waals surface area contributed by atoms with E-state index in [4.69, 9.17) is 4.74 Å². The maximum absolute atomic E-state index is 11.1. The van der Waals surface area contributed by atoms with Crippen LogP contribution in [0.4, 0.5) is 5.69 Å². The van der Waals surface area contributed by atoms with Gasteiger partial charge in [-0.15, -0.1) is 11.3 Å². The normalized spacial score (nSPS) is 10.7. The molecule has 7 heteroatoms. The van der Waals surface area contributed by atoms with E-state index in [1.165, 1.54) is 11.3 Å². The first-order chi connectivity index (χ1) is 8.74. The van der Waals surface area contributed by atoms with Gasteiger partial charge in [-0.2, -0.15) is 0 Å². The smallest absolute Gasteiger partial charge is 0.337 e. The molecule has 0 saturated carbocycles. The van der Waals surface area contributed by atoms with E-state index in [-0.39, 0.29) is 11.4 Å². The van der Waals surface area contributed by atoms with Crippen LogP contribution in [-0.4, -0.2) is 29.6 Å². The zero-order chi connectivity index (χ0) is 13.0. The predicted molar refractivity (Wildman–Crippen MR) is 70.3 cm³/mol. The number of nitro groups is 1. The molecule has 1 aromatic heterocycles. The van der Waals surface area contributed by atoms with Gasteiger partial charge in [-0.25, -0.2) is 4.98 Å². The number of nitrogens with zero attached hydrogens (tertiary/aromatic N) is 2. The number of hydrogen-bond donors (Lipinski definition) is 1. The average Bonchev–Trinajstić information content (AvgIpc) is 2.81. The van der Waals surface area contributed by atoms with Crippen LogP contribution in [0.1, 0.15) is 6.92 Å². The number of nitro benzene ring substituents is 1. The molecule has 0 aliphatic heterocycles. The third kappa shape index (κ3) is 2.57. The van der Waals surface area contributed by atoms with Gasteiger partial charge in [0.2, 0.25) is 0 Å². The van der Waals surface area contributed by atoms with E-state index in [1.54, 1.807) is 17.6 Å². The van der Waals surface area contributed by atoms with Gasteiger partial charge in [0.05, 0.1) is 15.1 Å². The van der Waals surface area contributed by atoms with Crippen molar-refractivity contribution in [2.45, 2.75) is 6.92 Å². The first-order valence-corrected chi connectivity index (χ1v) is 6.46. The molecule has 96 valence electrons. The van der Waals surface area contributed by atoms with Crippen molar-refractivity contribution in [3.05, 3.63) is 27.8 Å². The zero-order valence-electron chi connectivity index (χ0n) is 9.88. The Bertz CT molecular complexity index is 555. The summed E-state index contributed by atoms with van der Waals surface area (Å²) in [6, 6.07) is 3.42. The highest BCUT2D eigenvalue weighted by molar-refractivity contribution is 7.16. The van der Waals surface area contributed by atoms with E-state index in [0.717, 1.165) is 11.2 Å². The minimum atomic E-state index is -0.440. The lowest BCUT2D eigenvalue weighted by Crippen LogP contribution is -2.20. The number of nitrogens with one attached hydrogen (secondary N) is 1. The fraction of sp³-hybridized carbons (Fsp3) is 0.364. The van der Waals surface area contributed by atoms with Gasteiger partial charge in [0.1, 0.15) is 6.61 Å². The Morgan fingerprint density at radius 1 is 1.56 bits per heavy atom. The molecule has 1 N–H and O–H groups in total. The fourth-order valence-electron chi connectivity index (χ4n) is 1.60. The van der Waals surface area contributed by atoms with Crippen molar-refractivity contribution >= 4 is 27.2 Å². The largest absolute Gasteiger partial charge is 0.485 e. The SMILES string of the molecule is CCNCCOc1ccc2scnc2c1[N+](=O)[O-]. The summed E-state index contributed by atoms with van der Waals surface area (Å²) < 4.78 is 6.23. The molecule has 0 radical (unpaired) electrons. The van der Waals surface area contributed by atoms with Crippen LogP contribution < -0.4 is 10.1 Å². The second kappa shape index (κ2) is 5.74. The van der Waals surface area contributed by atoms with Crippen molar-refractivity contribution < 1.29 is 9.66 Å². The zero-order valence-corrected chi connectivity index (χ0v) is 10.7. The number of aromatic nitrogens is 1. The Morgan fingerprint density at radius 3 is 3.11 bits per heavy atom. The van der Waals surface area contributed by atoms with Crippen molar-refractivity contribution in [2.75, 3.05) is 19.7 Å². The Labute approximate surface area is 108 Å². The molecule has 6 nitrogen and oxygen atoms in total. The Morgan fingerprint density at radius 2 is 2.39 bits per heavy atom. The summed E-state index contributed by atoms with van der Waals surface area (Å²) >= 11 is 1.38. The first kappa shape index (κ1) is 12.7. The van der Waals surface area contributed by atoms with Crippen LogP contribution in [0.25, 0.3) is 10.2 Å². The molecule has 18 heavy (non-hydrogen) atoms. The van der Waals surface area contributed by atoms with Gasteiger partial charge in [-0.3, -0.25) is 10.1 Å². The molecular weight excluding hydrogens is 254 g/mol. The van der Waals surface area contributed by atoms with Crippen LogP contribution in [0.5, 0.6) is 5.75 Å². The molecule has 0 spiro atoms. The third-order valence-corrected chi connectivity index (χ3v) is 3.20. The standard InChI is InChI=1S/C11H13N3O3S/c1-2-12-5-6-17-8-3-4-9-10(13-7-18-9)11(8)14(15)16/h3-4,7,12H,2,5-6H2,1H3. The molecule has 2 rings (SSSR count). The summed E-state index contributed by atoms with van der Waals surface area (Å²) in [5, 5.41) is 14.2. The highest BCUT2D eigenvalue weighted by Gasteiger charge is 2.21. The molecular formula is C11H13N3O3S. The molecule has 0 bridgehead atoms. The second-order valence-corrected chi connectivity index (χ2v) is 4.46. The molecule has 0 saturated heterocycles. The lowest BCUT2D eigenvalue weighted by molar-refractivity contribution is -0.384. The molecule has 0 fully saturated rings. The van der Waals surface area contributed by atoms with Crippen molar-refractivity contribution in [2.24, 2.45) is 0 Å². The third-order valence-electron chi connectivity index (χ3n) is 2.41. The summed E-state index contributed by atoms with van der Waals surface area (Å²) in [5.74, 6) is 0.274. The summed E-state index contributed by atoms with van der Waals surface area (Å²) in [6.07, 6.45) is 0. The minimum Gasteiger partial charge on any atom is -0.485 e. The lowest BCUT2D eigenvalue weighted by atomic mass is 10.2. The van der Waals surface area contributed by atoms with Crippen LogP contribution in [0.15, 0.2) is 17.6 Å². The Hall–Kier alpha value is -1.73. The van der Waals surface area contributed by atoms with E-state index in [0.29, 0.717) is 18.7 Å². The van der Waals surface area contributed by atoms with E-state index < -0.39 is 4.92 Å². The highest BCUT2D eigenvalue weighted by atomic mass is 32.1. The predicted octanol–water partition coefficient (Wildman–Crippen LogP) is 2.19. The monoisotopic (exact) mass is 267 g/mol. The number of benzene rings is 1. The quantitative estimate of drug-likeness (QED) is 0.493. The summed E-state index contributed by atoms with van der Waals surface area (Å²) in [5.41, 5.74) is 1.94. The Balaban J connectivity index is 2.25. The number of fused-ring (bicyclic) bond motifs is 1. The van der Waals surface area contributed by atoms with Crippen LogP contribution in [0.2, 0.25) is 0 Å². The first-order valence-electron chi connectivity index (χ1n) is 5.58. The van der Waals surface area contributed by atoms with Crippen LogP contribution in [-0.2, 0) is 0 Å². The molecule has 0 unspecified atom stereocenters. The lowest BCUT2D eigenvalue weighted by Gasteiger charge is -2.07. The van der Waals surface area contributed by atoms with Gasteiger partial charge in [-0.05, 0) is 18.7 Å². The Kier molecular flexibility index (Phi) is 4.06. The molecule has 0 amide bonds. The molecule has 0 atom stereocenters. The summed E-state index contributed by atoms with van der Waals surface area (Å²) in [7, 11) is 0. The summed E-state index contributed by atoms with van der Waals surface area (Å²) in [4.78, 5) is 14.7. The topological polar surface area (TPSA) is 77.3 Å². The molecule has 2 aromatic rings. The average molecular weight is 267 g/mol. The van der Waals surface area contributed by atoms with E-state index in [9.17, 15) is 10.1 Å². The summed E-state index contributed by atoms with van der Waals surface area (Å²) in [6.45, 7) is 3.88. The maximum Gasteiger partial charge on any atom is 0.337 e. The van der Waals surface area contributed by atoms with Crippen molar-refractivity contribution in [1.82, 2.24) is 10.3 Å². The molecule has 1 aromatic carbocycles. The molecule has 0 aliphatic rings. The van der Waals surface area contributed by atoms with E-state index >= 15 is 0 Å². The number of rotatable bonds is 6. The van der Waals surface area contributed by atoms with E-state index in [2.05, 4.69) is 10.3 Å².